The lowest BCUT2D eigenvalue weighted by Crippen LogP contribution is -2.53. The lowest BCUT2D eigenvalue weighted by Gasteiger charge is -2.48. The molecule has 88 valence electrons. The first-order valence-electron chi connectivity index (χ1n) is 5.62. The van der Waals surface area contributed by atoms with Crippen LogP contribution in [-0.2, 0) is 4.79 Å². The van der Waals surface area contributed by atoms with Gasteiger partial charge in [0.1, 0.15) is 0 Å². The van der Waals surface area contributed by atoms with Crippen LogP contribution >= 0.6 is 0 Å². The van der Waals surface area contributed by atoms with Crippen LogP contribution in [0.1, 0.15) is 40.5 Å². The summed E-state index contributed by atoms with van der Waals surface area (Å²) >= 11 is 0. The molecule has 1 fully saturated rings. The Morgan fingerprint density at radius 1 is 1.53 bits per heavy atom. The summed E-state index contributed by atoms with van der Waals surface area (Å²) in [5.41, 5.74) is 0.101. The Kier molecular flexibility index (Phi) is 3.15. The number of nitrogens with zero attached hydrogens (tertiary/aromatic N) is 1. The van der Waals surface area contributed by atoms with Gasteiger partial charge in [-0.3, -0.25) is 4.79 Å². The molecule has 0 aromatic heterocycles. The molecule has 15 heavy (non-hydrogen) atoms. The first kappa shape index (κ1) is 12.5. The number of carboxylic acids is 1. The molecule has 0 bridgehead atoms. The third-order valence-electron chi connectivity index (χ3n) is 4.34. The molecule has 0 aromatic rings. The van der Waals surface area contributed by atoms with Gasteiger partial charge in [0.25, 0.3) is 0 Å². The SMILES string of the molecule is CN1CCC(CC(=O)O)C1(C)C(C)(C)C. The van der Waals surface area contributed by atoms with E-state index in [1.165, 1.54) is 0 Å². The summed E-state index contributed by atoms with van der Waals surface area (Å²) in [6, 6.07) is 0. The van der Waals surface area contributed by atoms with Crippen molar-refractivity contribution in [3.05, 3.63) is 0 Å². The molecular weight excluding hydrogens is 190 g/mol. The second-order valence-electron chi connectivity index (χ2n) is 5.90. The molecule has 0 saturated carbocycles. The third-order valence-corrected chi connectivity index (χ3v) is 4.34. The van der Waals surface area contributed by atoms with Gasteiger partial charge in [0.2, 0.25) is 0 Å². The van der Waals surface area contributed by atoms with E-state index in [1.54, 1.807) is 0 Å². The molecular formula is C12H23NO2. The quantitative estimate of drug-likeness (QED) is 0.764. The highest BCUT2D eigenvalue weighted by atomic mass is 16.4. The van der Waals surface area contributed by atoms with Crippen LogP contribution in [0.5, 0.6) is 0 Å². The van der Waals surface area contributed by atoms with Gasteiger partial charge < -0.3 is 10.0 Å². The van der Waals surface area contributed by atoms with Crippen molar-refractivity contribution in [2.45, 2.75) is 46.1 Å². The zero-order valence-corrected chi connectivity index (χ0v) is 10.5. The predicted molar refractivity (Wildman–Crippen MR) is 60.8 cm³/mol. The van der Waals surface area contributed by atoms with E-state index in [1.807, 2.05) is 0 Å². The van der Waals surface area contributed by atoms with Gasteiger partial charge >= 0.3 is 5.97 Å². The zero-order chi connectivity index (χ0) is 11.9. The fourth-order valence-electron chi connectivity index (χ4n) is 2.87. The Balaban J connectivity index is 2.94. The maximum absolute atomic E-state index is 10.9. The number of hydrogen-bond donors (Lipinski definition) is 1. The summed E-state index contributed by atoms with van der Waals surface area (Å²) < 4.78 is 0. The minimum absolute atomic E-state index is 0.00854. The molecule has 1 rings (SSSR count). The molecule has 1 aliphatic heterocycles. The van der Waals surface area contributed by atoms with Crippen molar-refractivity contribution in [3.8, 4) is 0 Å². The molecule has 1 heterocycles. The summed E-state index contributed by atoms with van der Waals surface area (Å²) in [6.07, 6.45) is 1.29. The first-order chi connectivity index (χ1) is 6.69. The Hall–Kier alpha value is -0.570. The Morgan fingerprint density at radius 3 is 2.47 bits per heavy atom. The van der Waals surface area contributed by atoms with Crippen LogP contribution in [0.3, 0.4) is 0 Å². The Morgan fingerprint density at radius 2 is 2.07 bits per heavy atom. The van der Waals surface area contributed by atoms with Crippen LogP contribution in [0.2, 0.25) is 0 Å². The van der Waals surface area contributed by atoms with Crippen molar-refractivity contribution in [2.24, 2.45) is 11.3 Å². The van der Waals surface area contributed by atoms with Gasteiger partial charge in [0, 0.05) is 12.0 Å². The number of likely N-dealkylation sites (tertiary alicyclic amines) is 1. The average Bonchev–Trinajstić information content (AvgIpc) is 2.31. The third kappa shape index (κ3) is 2.03. The lowest BCUT2D eigenvalue weighted by atomic mass is 9.67. The van der Waals surface area contributed by atoms with Crippen LogP contribution in [0.4, 0.5) is 0 Å². The van der Waals surface area contributed by atoms with Crippen LogP contribution in [-0.4, -0.2) is 35.1 Å². The van der Waals surface area contributed by atoms with Gasteiger partial charge in [-0.1, -0.05) is 20.8 Å². The van der Waals surface area contributed by atoms with Crippen molar-refractivity contribution in [1.29, 1.82) is 0 Å². The van der Waals surface area contributed by atoms with E-state index in [9.17, 15) is 4.79 Å². The van der Waals surface area contributed by atoms with E-state index < -0.39 is 5.97 Å². The summed E-state index contributed by atoms with van der Waals surface area (Å²) in [4.78, 5) is 13.2. The van der Waals surface area contributed by atoms with E-state index >= 15 is 0 Å². The van der Waals surface area contributed by atoms with Gasteiger partial charge in [0.15, 0.2) is 0 Å². The van der Waals surface area contributed by atoms with Crippen LogP contribution in [0.25, 0.3) is 0 Å². The number of carbonyl (C=O) groups is 1. The average molecular weight is 213 g/mol. The molecule has 2 unspecified atom stereocenters. The molecule has 0 aliphatic carbocycles. The second kappa shape index (κ2) is 3.78. The van der Waals surface area contributed by atoms with Crippen LogP contribution in [0.15, 0.2) is 0 Å². The van der Waals surface area contributed by atoms with Crippen LogP contribution in [0, 0.1) is 11.3 Å². The van der Waals surface area contributed by atoms with E-state index in [-0.39, 0.29) is 23.3 Å². The fourth-order valence-corrected chi connectivity index (χ4v) is 2.87. The maximum atomic E-state index is 10.9. The van der Waals surface area contributed by atoms with Crippen molar-refractivity contribution in [1.82, 2.24) is 4.90 Å². The van der Waals surface area contributed by atoms with E-state index in [0.717, 1.165) is 13.0 Å². The molecule has 3 nitrogen and oxygen atoms in total. The van der Waals surface area contributed by atoms with Crippen molar-refractivity contribution < 1.29 is 9.90 Å². The smallest absolute Gasteiger partial charge is 0.303 e. The van der Waals surface area contributed by atoms with E-state index in [0.29, 0.717) is 0 Å². The Labute approximate surface area is 92.5 Å². The standard InChI is InChI=1S/C12H23NO2/c1-11(2,3)12(4)9(8-10(14)15)6-7-13(12)5/h9H,6-8H2,1-5H3,(H,14,15). The number of carboxylic acid groups (broad SMARTS) is 1. The number of aliphatic carboxylic acids is 1. The van der Waals surface area contributed by atoms with Crippen LogP contribution < -0.4 is 0 Å². The van der Waals surface area contributed by atoms with Gasteiger partial charge in [-0.05, 0) is 38.3 Å². The van der Waals surface area contributed by atoms with Crippen molar-refractivity contribution in [2.75, 3.05) is 13.6 Å². The zero-order valence-electron chi connectivity index (χ0n) is 10.5. The molecule has 1 N–H and O–H groups in total. The second-order valence-corrected chi connectivity index (χ2v) is 5.90. The van der Waals surface area contributed by atoms with Gasteiger partial charge in [-0.2, -0.15) is 0 Å². The molecule has 2 atom stereocenters. The molecule has 0 aromatic carbocycles. The van der Waals surface area contributed by atoms with Crippen molar-refractivity contribution in [3.63, 3.8) is 0 Å². The van der Waals surface area contributed by atoms with Crippen molar-refractivity contribution >= 4 is 5.97 Å². The molecule has 0 spiro atoms. The summed E-state index contributed by atoms with van der Waals surface area (Å²) in [7, 11) is 2.10. The normalized spacial score (nSPS) is 33.3. The fraction of sp³-hybridized carbons (Fsp3) is 0.917. The predicted octanol–water partition coefficient (Wildman–Crippen LogP) is 2.22. The summed E-state index contributed by atoms with van der Waals surface area (Å²) in [6.45, 7) is 9.80. The van der Waals surface area contributed by atoms with Gasteiger partial charge in [-0.15, -0.1) is 0 Å². The highest BCUT2D eigenvalue weighted by Gasteiger charge is 2.50. The number of rotatable bonds is 2. The van der Waals surface area contributed by atoms with E-state index in [4.69, 9.17) is 5.11 Å². The molecule has 0 amide bonds. The number of hydrogen-bond acceptors (Lipinski definition) is 2. The van der Waals surface area contributed by atoms with Gasteiger partial charge in [0.05, 0.1) is 0 Å². The highest BCUT2D eigenvalue weighted by molar-refractivity contribution is 5.67. The molecule has 1 aliphatic rings. The molecule has 3 heteroatoms. The topological polar surface area (TPSA) is 40.5 Å². The summed E-state index contributed by atoms with van der Waals surface area (Å²) in [5.74, 6) is -0.411. The minimum Gasteiger partial charge on any atom is -0.481 e. The van der Waals surface area contributed by atoms with E-state index in [2.05, 4.69) is 39.6 Å². The minimum atomic E-state index is -0.675. The highest BCUT2D eigenvalue weighted by Crippen LogP contribution is 2.47. The monoisotopic (exact) mass is 213 g/mol. The lowest BCUT2D eigenvalue weighted by molar-refractivity contribution is -0.139. The molecule has 0 radical (unpaired) electrons. The molecule has 1 saturated heterocycles. The first-order valence-corrected chi connectivity index (χ1v) is 5.62. The maximum Gasteiger partial charge on any atom is 0.303 e. The Bertz CT molecular complexity index is 257. The van der Waals surface area contributed by atoms with Gasteiger partial charge in [-0.25, -0.2) is 0 Å². The largest absolute Gasteiger partial charge is 0.481 e. The summed E-state index contributed by atoms with van der Waals surface area (Å²) in [5, 5.41) is 8.94.